The van der Waals surface area contributed by atoms with Crippen LogP contribution in [0.1, 0.15) is 6.92 Å². The second kappa shape index (κ2) is 6.57. The molecule has 6 nitrogen and oxygen atoms in total. The van der Waals surface area contributed by atoms with E-state index in [-0.39, 0.29) is 10.6 Å². The average Bonchev–Trinajstić information content (AvgIpc) is 2.49. The van der Waals surface area contributed by atoms with Crippen LogP contribution >= 0.6 is 0 Å². The number of hydrogen-bond donors (Lipinski definition) is 2. The fourth-order valence-electron chi connectivity index (χ4n) is 1.87. The van der Waals surface area contributed by atoms with Gasteiger partial charge >= 0.3 is 0 Å². The normalized spacial score (nSPS) is 11.0. The van der Waals surface area contributed by atoms with Gasteiger partial charge in [-0.15, -0.1) is 0 Å². The molecule has 0 aromatic heterocycles. The summed E-state index contributed by atoms with van der Waals surface area (Å²) in [6.07, 6.45) is 0. The zero-order valence-electron chi connectivity index (χ0n) is 12.4. The van der Waals surface area contributed by atoms with E-state index in [9.17, 15) is 8.42 Å². The van der Waals surface area contributed by atoms with Crippen molar-refractivity contribution in [2.45, 2.75) is 11.8 Å². The van der Waals surface area contributed by atoms with Crippen LogP contribution in [0.5, 0.6) is 11.5 Å². The summed E-state index contributed by atoms with van der Waals surface area (Å²) < 4.78 is 37.7. The highest BCUT2D eigenvalue weighted by molar-refractivity contribution is 7.92. The maximum absolute atomic E-state index is 12.4. The van der Waals surface area contributed by atoms with Gasteiger partial charge in [0.1, 0.15) is 16.4 Å². The summed E-state index contributed by atoms with van der Waals surface area (Å²) in [5.74, 6) is 1.09. The summed E-state index contributed by atoms with van der Waals surface area (Å²) in [4.78, 5) is -0.0271. The molecule has 22 heavy (non-hydrogen) atoms. The van der Waals surface area contributed by atoms with E-state index in [1.165, 1.54) is 19.2 Å². The third-order valence-electron chi connectivity index (χ3n) is 2.93. The van der Waals surface area contributed by atoms with Gasteiger partial charge in [0.05, 0.1) is 19.4 Å². The van der Waals surface area contributed by atoms with Gasteiger partial charge in [0.25, 0.3) is 10.0 Å². The van der Waals surface area contributed by atoms with Crippen LogP contribution in [0.3, 0.4) is 0 Å². The fourth-order valence-corrected chi connectivity index (χ4v) is 3.08. The Morgan fingerprint density at radius 1 is 1.09 bits per heavy atom. The lowest BCUT2D eigenvalue weighted by Crippen LogP contribution is -2.15. The van der Waals surface area contributed by atoms with Crippen molar-refractivity contribution in [3.05, 3.63) is 42.5 Å². The Morgan fingerprint density at radius 2 is 1.73 bits per heavy atom. The molecule has 0 aliphatic heterocycles. The second-order valence-corrected chi connectivity index (χ2v) is 6.12. The molecule has 2 aromatic carbocycles. The lowest BCUT2D eigenvalue weighted by Gasteiger charge is -2.12. The number of hydrogen-bond acceptors (Lipinski definition) is 5. The molecule has 0 unspecified atom stereocenters. The molecule has 0 heterocycles. The number of nitrogens with two attached hydrogens (primary N) is 1. The van der Waals surface area contributed by atoms with Crippen LogP contribution in [-0.4, -0.2) is 22.1 Å². The Kier molecular flexibility index (Phi) is 4.77. The van der Waals surface area contributed by atoms with Gasteiger partial charge in [-0.05, 0) is 43.3 Å². The number of benzene rings is 2. The first-order valence-electron chi connectivity index (χ1n) is 6.65. The van der Waals surface area contributed by atoms with Crippen molar-refractivity contribution in [3.63, 3.8) is 0 Å². The number of nitrogen functional groups attached to an aromatic ring is 1. The van der Waals surface area contributed by atoms with Crippen LogP contribution in [0.4, 0.5) is 11.4 Å². The van der Waals surface area contributed by atoms with E-state index in [2.05, 4.69) is 4.72 Å². The Hall–Kier alpha value is -2.41. The predicted octanol–water partition coefficient (Wildman–Crippen LogP) is 2.48. The van der Waals surface area contributed by atoms with E-state index in [4.69, 9.17) is 15.2 Å². The molecule has 7 heteroatoms. The number of rotatable bonds is 6. The van der Waals surface area contributed by atoms with Crippen LogP contribution in [-0.2, 0) is 10.0 Å². The molecule has 0 bridgehead atoms. The molecule has 0 aliphatic carbocycles. The Morgan fingerprint density at radius 3 is 2.32 bits per heavy atom. The van der Waals surface area contributed by atoms with Gasteiger partial charge < -0.3 is 15.2 Å². The number of nitrogens with one attached hydrogen (secondary N) is 1. The van der Waals surface area contributed by atoms with Gasteiger partial charge in [0.2, 0.25) is 0 Å². The van der Waals surface area contributed by atoms with E-state index in [1.807, 2.05) is 6.92 Å². The minimum atomic E-state index is -3.80. The summed E-state index contributed by atoms with van der Waals surface area (Å²) in [7, 11) is -2.34. The number of methoxy groups -OCH3 is 1. The first kappa shape index (κ1) is 16.0. The molecule has 0 radical (unpaired) electrons. The highest BCUT2D eigenvalue weighted by Crippen LogP contribution is 2.26. The van der Waals surface area contributed by atoms with Gasteiger partial charge in [-0.2, -0.15) is 0 Å². The van der Waals surface area contributed by atoms with Crippen LogP contribution < -0.4 is 19.9 Å². The molecule has 3 N–H and O–H groups in total. The van der Waals surface area contributed by atoms with Crippen molar-refractivity contribution >= 4 is 21.4 Å². The molecule has 0 fully saturated rings. The predicted molar refractivity (Wildman–Crippen MR) is 85.8 cm³/mol. The zero-order valence-corrected chi connectivity index (χ0v) is 13.2. The van der Waals surface area contributed by atoms with Crippen LogP contribution in [0.25, 0.3) is 0 Å². The van der Waals surface area contributed by atoms with Gasteiger partial charge in [0.15, 0.2) is 0 Å². The Labute approximate surface area is 129 Å². The summed E-state index contributed by atoms with van der Waals surface area (Å²) in [6, 6.07) is 11.1. The second-order valence-electron chi connectivity index (χ2n) is 4.47. The van der Waals surface area contributed by atoms with Crippen LogP contribution in [0, 0.1) is 0 Å². The van der Waals surface area contributed by atoms with E-state index in [1.54, 1.807) is 30.3 Å². The molecule has 0 saturated heterocycles. The summed E-state index contributed by atoms with van der Waals surface area (Å²) >= 11 is 0. The maximum atomic E-state index is 12.4. The molecule has 0 atom stereocenters. The van der Waals surface area contributed by atoms with E-state index >= 15 is 0 Å². The monoisotopic (exact) mass is 322 g/mol. The lowest BCUT2D eigenvalue weighted by molar-refractivity contribution is 0.340. The highest BCUT2D eigenvalue weighted by Gasteiger charge is 2.18. The third-order valence-corrected chi connectivity index (χ3v) is 4.36. The molecular formula is C15H18N2O4S. The number of sulfonamides is 1. The van der Waals surface area contributed by atoms with Crippen LogP contribution in [0.15, 0.2) is 47.4 Å². The van der Waals surface area contributed by atoms with Crippen molar-refractivity contribution in [2.24, 2.45) is 0 Å². The molecule has 0 saturated carbocycles. The molecular weight excluding hydrogens is 304 g/mol. The molecule has 0 aliphatic rings. The number of ether oxygens (including phenoxy) is 2. The topological polar surface area (TPSA) is 90.6 Å². The molecule has 0 amide bonds. The zero-order chi connectivity index (χ0) is 16.2. The Balaban J connectivity index is 2.27. The standard InChI is InChI=1S/C15H18N2O4S/c1-3-21-12-6-4-11(5-7-12)17-22(18,19)15-10-13(20-2)8-9-14(15)16/h4-10,17H,3,16H2,1-2H3. The highest BCUT2D eigenvalue weighted by atomic mass is 32.2. The summed E-state index contributed by atoms with van der Waals surface area (Å²) in [5.41, 5.74) is 6.33. The number of anilines is 2. The quantitative estimate of drug-likeness (QED) is 0.797. The lowest BCUT2D eigenvalue weighted by atomic mass is 10.3. The van der Waals surface area contributed by atoms with Gasteiger partial charge in [-0.3, -0.25) is 4.72 Å². The first-order valence-corrected chi connectivity index (χ1v) is 8.14. The molecule has 118 valence electrons. The maximum Gasteiger partial charge on any atom is 0.264 e. The van der Waals surface area contributed by atoms with Crippen molar-refractivity contribution in [2.75, 3.05) is 24.2 Å². The average molecular weight is 322 g/mol. The third kappa shape index (κ3) is 3.62. The smallest absolute Gasteiger partial charge is 0.264 e. The summed E-state index contributed by atoms with van der Waals surface area (Å²) in [5, 5.41) is 0. The minimum absolute atomic E-state index is 0.0271. The Bertz CT molecular complexity index is 743. The van der Waals surface area contributed by atoms with Crippen molar-refractivity contribution in [1.29, 1.82) is 0 Å². The molecule has 2 aromatic rings. The minimum Gasteiger partial charge on any atom is -0.497 e. The van der Waals surface area contributed by atoms with Crippen LogP contribution in [0.2, 0.25) is 0 Å². The van der Waals surface area contributed by atoms with E-state index in [0.29, 0.717) is 23.8 Å². The fraction of sp³-hybridized carbons (Fsp3) is 0.200. The van der Waals surface area contributed by atoms with E-state index < -0.39 is 10.0 Å². The van der Waals surface area contributed by atoms with Crippen molar-refractivity contribution < 1.29 is 17.9 Å². The summed E-state index contributed by atoms with van der Waals surface area (Å²) in [6.45, 7) is 2.42. The largest absolute Gasteiger partial charge is 0.497 e. The van der Waals surface area contributed by atoms with Gasteiger partial charge in [0, 0.05) is 11.8 Å². The van der Waals surface area contributed by atoms with Crippen molar-refractivity contribution in [3.8, 4) is 11.5 Å². The molecule has 2 rings (SSSR count). The van der Waals surface area contributed by atoms with Gasteiger partial charge in [-0.1, -0.05) is 0 Å². The first-order chi connectivity index (χ1) is 10.5. The van der Waals surface area contributed by atoms with Gasteiger partial charge in [-0.25, -0.2) is 8.42 Å². The van der Waals surface area contributed by atoms with Crippen molar-refractivity contribution in [1.82, 2.24) is 0 Å². The SMILES string of the molecule is CCOc1ccc(NS(=O)(=O)c2cc(OC)ccc2N)cc1. The molecule has 0 spiro atoms. The van der Waals surface area contributed by atoms with E-state index in [0.717, 1.165) is 0 Å².